The molecule has 0 atom stereocenters. The van der Waals surface area contributed by atoms with Gasteiger partial charge < -0.3 is 4.98 Å². The summed E-state index contributed by atoms with van der Waals surface area (Å²) in [5, 5.41) is 4.06. The van der Waals surface area contributed by atoms with Crippen molar-refractivity contribution in [1.29, 1.82) is 0 Å². The van der Waals surface area contributed by atoms with Gasteiger partial charge in [0.2, 0.25) is 5.95 Å². The van der Waals surface area contributed by atoms with Crippen molar-refractivity contribution in [2.75, 3.05) is 5.43 Å². The van der Waals surface area contributed by atoms with E-state index in [4.69, 9.17) is 0 Å². The number of H-pyrrole nitrogens is 1. The van der Waals surface area contributed by atoms with Crippen LogP contribution >= 0.6 is 15.9 Å². The van der Waals surface area contributed by atoms with Crippen molar-refractivity contribution in [2.24, 2.45) is 19.2 Å². The quantitative estimate of drug-likeness (QED) is 0.529. The first kappa shape index (κ1) is 15.2. The molecule has 0 saturated heterocycles. The van der Waals surface area contributed by atoms with Crippen LogP contribution < -0.4 is 16.7 Å². The Balaban J connectivity index is 1.91. The molecular weight excluding hydrogens is 364 g/mol. The number of halogens is 1. The fourth-order valence-corrected chi connectivity index (χ4v) is 2.36. The Labute approximate surface area is 138 Å². The number of nitrogens with one attached hydrogen (secondary N) is 2. The molecule has 1 aromatic carbocycles. The van der Waals surface area contributed by atoms with Gasteiger partial charge in [0.15, 0.2) is 11.2 Å². The van der Waals surface area contributed by atoms with Gasteiger partial charge in [-0.2, -0.15) is 10.1 Å². The maximum absolute atomic E-state index is 12.0. The van der Waals surface area contributed by atoms with E-state index in [0.29, 0.717) is 0 Å². The van der Waals surface area contributed by atoms with Crippen molar-refractivity contribution < 1.29 is 0 Å². The van der Waals surface area contributed by atoms with Crippen molar-refractivity contribution >= 4 is 39.3 Å². The molecule has 23 heavy (non-hydrogen) atoms. The van der Waals surface area contributed by atoms with E-state index in [-0.39, 0.29) is 17.1 Å². The van der Waals surface area contributed by atoms with E-state index in [2.05, 4.69) is 36.4 Å². The number of rotatable bonds is 3. The van der Waals surface area contributed by atoms with Crippen molar-refractivity contribution in [3.05, 3.63) is 55.1 Å². The Kier molecular flexibility index (Phi) is 3.87. The summed E-state index contributed by atoms with van der Waals surface area (Å²) in [6.45, 7) is 0. The summed E-state index contributed by atoms with van der Waals surface area (Å²) in [6.07, 6.45) is 1.62. The minimum atomic E-state index is -0.432. The summed E-state index contributed by atoms with van der Waals surface area (Å²) in [6, 6.07) is 7.60. The van der Waals surface area contributed by atoms with Crippen LogP contribution in [-0.2, 0) is 14.1 Å². The zero-order valence-electron chi connectivity index (χ0n) is 12.4. The fraction of sp³-hybridized carbons (Fsp3) is 0.143. The van der Waals surface area contributed by atoms with Crippen molar-refractivity contribution in [2.45, 2.75) is 0 Å². The van der Waals surface area contributed by atoms with Crippen LogP contribution in [0.3, 0.4) is 0 Å². The Morgan fingerprint density at radius 2 is 1.91 bits per heavy atom. The highest BCUT2D eigenvalue weighted by molar-refractivity contribution is 9.10. The number of benzene rings is 1. The van der Waals surface area contributed by atoms with Crippen molar-refractivity contribution in [3.63, 3.8) is 0 Å². The van der Waals surface area contributed by atoms with Crippen LogP contribution in [0.5, 0.6) is 0 Å². The molecule has 0 bridgehead atoms. The molecule has 8 nitrogen and oxygen atoms in total. The first-order valence-corrected chi connectivity index (χ1v) is 7.47. The molecule has 9 heteroatoms. The lowest BCUT2D eigenvalue weighted by Crippen LogP contribution is -2.36. The first-order chi connectivity index (χ1) is 11.0. The van der Waals surface area contributed by atoms with Gasteiger partial charge in [-0.25, -0.2) is 10.2 Å². The maximum Gasteiger partial charge on any atom is 0.332 e. The summed E-state index contributed by atoms with van der Waals surface area (Å²) in [5.41, 5.74) is 3.28. The summed E-state index contributed by atoms with van der Waals surface area (Å²) >= 11 is 3.36. The molecule has 118 valence electrons. The second-order valence-corrected chi connectivity index (χ2v) is 5.83. The van der Waals surface area contributed by atoms with E-state index in [1.54, 1.807) is 13.3 Å². The summed E-state index contributed by atoms with van der Waals surface area (Å²) < 4.78 is 3.31. The highest BCUT2D eigenvalue weighted by Crippen LogP contribution is 2.10. The predicted molar refractivity (Wildman–Crippen MR) is 91.9 cm³/mol. The molecule has 0 aliphatic rings. The Hall–Kier alpha value is -2.68. The molecule has 0 amide bonds. The standard InChI is InChI=1S/C14H13BrN6O2/c1-20-11-10(12(22)21(2)14(20)23)17-13(18-11)19-16-7-8-3-5-9(15)6-4-8/h3-7H,1-2H3,(H2,17,18,19)/b16-7-. The van der Waals surface area contributed by atoms with Crippen molar-refractivity contribution in [3.8, 4) is 0 Å². The number of aryl methyl sites for hydroxylation is 1. The van der Waals surface area contributed by atoms with Crippen LogP contribution in [0.15, 0.2) is 43.4 Å². The second kappa shape index (κ2) is 5.84. The fourth-order valence-electron chi connectivity index (χ4n) is 2.10. The SMILES string of the molecule is Cn1c(=O)c2[nH]c(N/N=C\c3ccc(Br)cc3)nc2n(C)c1=O. The number of hydrogen-bond donors (Lipinski definition) is 2. The topological polar surface area (TPSA) is 97.1 Å². The third-order valence-corrected chi connectivity index (χ3v) is 3.88. The van der Waals surface area contributed by atoms with Crippen molar-refractivity contribution in [1.82, 2.24) is 19.1 Å². The molecule has 0 radical (unpaired) electrons. The molecular formula is C14H13BrN6O2. The van der Waals surface area contributed by atoms with E-state index in [9.17, 15) is 9.59 Å². The van der Waals surface area contributed by atoms with Crippen LogP contribution in [0.1, 0.15) is 5.56 Å². The molecule has 0 saturated carbocycles. The first-order valence-electron chi connectivity index (χ1n) is 6.68. The van der Waals surface area contributed by atoms with Gasteiger partial charge >= 0.3 is 5.69 Å². The van der Waals surface area contributed by atoms with E-state index in [1.807, 2.05) is 24.3 Å². The van der Waals surface area contributed by atoms with Gasteiger partial charge in [0.1, 0.15) is 0 Å². The largest absolute Gasteiger partial charge is 0.332 e. The van der Waals surface area contributed by atoms with E-state index in [1.165, 1.54) is 11.6 Å². The number of aromatic amines is 1. The van der Waals surface area contributed by atoms with Gasteiger partial charge in [-0.3, -0.25) is 13.9 Å². The minimum Gasteiger partial charge on any atom is -0.317 e. The zero-order valence-corrected chi connectivity index (χ0v) is 14.0. The molecule has 0 aliphatic heterocycles. The number of imidazole rings is 1. The lowest BCUT2D eigenvalue weighted by Gasteiger charge is -2.00. The van der Waals surface area contributed by atoms with Crippen LogP contribution in [0.2, 0.25) is 0 Å². The van der Waals surface area contributed by atoms with Gasteiger partial charge in [0.25, 0.3) is 5.56 Å². The second-order valence-electron chi connectivity index (χ2n) is 4.91. The van der Waals surface area contributed by atoms with Gasteiger partial charge in [0.05, 0.1) is 6.21 Å². The van der Waals surface area contributed by atoms with Gasteiger partial charge in [-0.15, -0.1) is 0 Å². The molecule has 0 spiro atoms. The molecule has 2 heterocycles. The molecule has 2 aromatic heterocycles. The molecule has 0 aliphatic carbocycles. The monoisotopic (exact) mass is 376 g/mol. The Morgan fingerprint density at radius 3 is 2.61 bits per heavy atom. The van der Waals surface area contributed by atoms with Gasteiger partial charge in [0, 0.05) is 18.6 Å². The third kappa shape index (κ3) is 2.82. The van der Waals surface area contributed by atoms with Crippen LogP contribution in [0.4, 0.5) is 5.95 Å². The number of nitrogens with zero attached hydrogens (tertiary/aromatic N) is 4. The normalized spacial score (nSPS) is 11.4. The minimum absolute atomic E-state index is 0.246. The number of fused-ring (bicyclic) bond motifs is 1. The van der Waals surface area contributed by atoms with E-state index in [0.717, 1.165) is 14.6 Å². The summed E-state index contributed by atoms with van der Waals surface area (Å²) in [5.74, 6) is 0.284. The molecule has 0 unspecified atom stereocenters. The Morgan fingerprint density at radius 1 is 1.22 bits per heavy atom. The number of hydrogen-bond acceptors (Lipinski definition) is 5. The third-order valence-electron chi connectivity index (χ3n) is 3.35. The van der Waals surface area contributed by atoms with Crippen LogP contribution in [0.25, 0.3) is 11.2 Å². The summed E-state index contributed by atoms with van der Waals surface area (Å²) in [7, 11) is 2.98. The van der Waals surface area contributed by atoms with Crippen LogP contribution in [0, 0.1) is 0 Å². The Bertz CT molecular complexity index is 1010. The van der Waals surface area contributed by atoms with Gasteiger partial charge in [-0.1, -0.05) is 28.1 Å². The average molecular weight is 377 g/mol. The molecule has 0 fully saturated rings. The number of hydrazone groups is 1. The average Bonchev–Trinajstić information content (AvgIpc) is 2.97. The summed E-state index contributed by atoms with van der Waals surface area (Å²) in [4.78, 5) is 30.9. The number of aromatic nitrogens is 4. The smallest absolute Gasteiger partial charge is 0.317 e. The number of anilines is 1. The van der Waals surface area contributed by atoms with Crippen LogP contribution in [-0.4, -0.2) is 25.3 Å². The van der Waals surface area contributed by atoms with E-state index < -0.39 is 11.2 Å². The predicted octanol–water partition coefficient (Wildman–Crippen LogP) is 1.17. The van der Waals surface area contributed by atoms with Gasteiger partial charge in [-0.05, 0) is 17.7 Å². The van der Waals surface area contributed by atoms with E-state index >= 15 is 0 Å². The zero-order chi connectivity index (χ0) is 16.6. The highest BCUT2D eigenvalue weighted by atomic mass is 79.9. The molecule has 3 aromatic rings. The highest BCUT2D eigenvalue weighted by Gasteiger charge is 2.12. The molecule has 2 N–H and O–H groups in total. The molecule has 3 rings (SSSR count). The lowest BCUT2D eigenvalue weighted by atomic mass is 10.2. The lowest BCUT2D eigenvalue weighted by molar-refractivity contribution is 0.709. The maximum atomic E-state index is 12.0.